The molecule has 0 bridgehead atoms. The number of carbonyl (C=O) groups is 2. The van der Waals surface area contributed by atoms with Gasteiger partial charge in [-0.2, -0.15) is 5.10 Å². The predicted octanol–water partition coefficient (Wildman–Crippen LogP) is 1.67. The summed E-state index contributed by atoms with van der Waals surface area (Å²) >= 11 is 0. The van der Waals surface area contributed by atoms with Crippen LogP contribution in [0.1, 0.15) is 10.4 Å². The van der Waals surface area contributed by atoms with Crippen LogP contribution in [0.2, 0.25) is 0 Å². The third-order valence-corrected chi connectivity index (χ3v) is 4.19. The Morgan fingerprint density at radius 1 is 1.21 bits per heavy atom. The highest BCUT2D eigenvalue weighted by Gasteiger charge is 2.12. The van der Waals surface area contributed by atoms with Gasteiger partial charge >= 0.3 is 0 Å². The van der Waals surface area contributed by atoms with Crippen LogP contribution in [0.4, 0.5) is 5.69 Å². The molecule has 1 aromatic heterocycles. The van der Waals surface area contributed by atoms with E-state index >= 15 is 0 Å². The quantitative estimate of drug-likeness (QED) is 0.578. The second-order valence-corrected chi connectivity index (χ2v) is 6.74. The summed E-state index contributed by atoms with van der Waals surface area (Å²) in [4.78, 5) is 26.6. The maximum absolute atomic E-state index is 12.7. The van der Waals surface area contributed by atoms with E-state index in [0.29, 0.717) is 17.8 Å². The first kappa shape index (κ1) is 19.4. The van der Waals surface area contributed by atoms with Crippen molar-refractivity contribution in [3.8, 4) is 5.75 Å². The fourth-order valence-electron chi connectivity index (χ4n) is 2.80. The molecule has 0 saturated carbocycles. The minimum Gasteiger partial charge on any atom is -0.508 e. The number of aromatic hydroxyl groups is 1. The second kappa shape index (κ2) is 8.53. The van der Waals surface area contributed by atoms with Gasteiger partial charge in [0.25, 0.3) is 5.91 Å². The van der Waals surface area contributed by atoms with E-state index < -0.39 is 0 Å². The summed E-state index contributed by atoms with van der Waals surface area (Å²) in [6.07, 6.45) is 3.11. The largest absolute Gasteiger partial charge is 0.508 e. The maximum atomic E-state index is 12.7. The summed E-state index contributed by atoms with van der Waals surface area (Å²) in [5.74, 6) is -0.279. The molecule has 28 heavy (non-hydrogen) atoms. The maximum Gasteiger partial charge on any atom is 0.256 e. The lowest BCUT2D eigenvalue weighted by Crippen LogP contribution is -2.33. The Hall–Kier alpha value is -3.39. The third-order valence-electron chi connectivity index (χ3n) is 4.19. The normalized spacial score (nSPS) is 11.0. The van der Waals surface area contributed by atoms with Gasteiger partial charge in [0.05, 0.1) is 11.9 Å². The third kappa shape index (κ3) is 4.86. The lowest BCUT2D eigenvalue weighted by atomic mass is 10.0. The van der Waals surface area contributed by atoms with E-state index in [1.807, 2.05) is 25.1 Å². The molecule has 2 amide bonds. The Bertz CT molecular complexity index is 996. The Kier molecular flexibility index (Phi) is 5.90. The monoisotopic (exact) mass is 381 g/mol. The molecule has 146 valence electrons. The summed E-state index contributed by atoms with van der Waals surface area (Å²) in [5, 5.41) is 20.8. The molecular formula is C20H23N5O3. The van der Waals surface area contributed by atoms with Gasteiger partial charge in [-0.3, -0.25) is 14.3 Å². The molecule has 0 aliphatic carbocycles. The number of rotatable bonds is 7. The van der Waals surface area contributed by atoms with E-state index in [1.54, 1.807) is 36.5 Å². The molecule has 0 fully saturated rings. The number of fused-ring (bicyclic) bond motifs is 1. The number of aromatic nitrogens is 2. The highest BCUT2D eigenvalue weighted by molar-refractivity contribution is 6.13. The van der Waals surface area contributed by atoms with Gasteiger partial charge in [-0.25, -0.2) is 0 Å². The Morgan fingerprint density at radius 2 is 2.04 bits per heavy atom. The molecule has 8 heteroatoms. The Morgan fingerprint density at radius 3 is 2.82 bits per heavy atom. The minimum atomic E-state index is -0.286. The zero-order valence-corrected chi connectivity index (χ0v) is 15.8. The van der Waals surface area contributed by atoms with Gasteiger partial charge in [-0.05, 0) is 49.1 Å². The fourth-order valence-corrected chi connectivity index (χ4v) is 2.80. The number of likely N-dealkylation sites (N-methyl/N-ethyl adjacent to an activating group) is 1. The summed E-state index contributed by atoms with van der Waals surface area (Å²) in [6, 6.07) is 10.2. The van der Waals surface area contributed by atoms with Crippen LogP contribution >= 0.6 is 0 Å². The van der Waals surface area contributed by atoms with Crippen molar-refractivity contribution in [2.24, 2.45) is 0 Å². The van der Waals surface area contributed by atoms with E-state index in [2.05, 4.69) is 15.7 Å². The molecule has 0 saturated heterocycles. The SMILES string of the molecule is CN(C)CCNC(=O)Cn1cc(NC(=O)c2cccc3cc(O)ccc23)cn1. The second-order valence-electron chi connectivity index (χ2n) is 6.74. The molecule has 8 nitrogen and oxygen atoms in total. The number of hydrogen-bond donors (Lipinski definition) is 3. The summed E-state index contributed by atoms with van der Waals surface area (Å²) < 4.78 is 1.47. The molecule has 0 aliphatic heterocycles. The number of phenolic OH excluding ortho intramolecular Hbond substituents is 1. The zero-order chi connectivity index (χ0) is 20.1. The number of amides is 2. The molecule has 3 rings (SSSR count). The topological polar surface area (TPSA) is 99.5 Å². The van der Waals surface area contributed by atoms with Gasteiger partial charge in [0.1, 0.15) is 12.3 Å². The van der Waals surface area contributed by atoms with Crippen LogP contribution in [-0.2, 0) is 11.3 Å². The number of anilines is 1. The lowest BCUT2D eigenvalue weighted by Gasteiger charge is -2.10. The summed E-state index contributed by atoms with van der Waals surface area (Å²) in [7, 11) is 3.88. The molecule has 2 aromatic carbocycles. The predicted molar refractivity (Wildman–Crippen MR) is 107 cm³/mol. The molecule has 0 aliphatic rings. The van der Waals surface area contributed by atoms with Crippen molar-refractivity contribution in [1.29, 1.82) is 0 Å². The first-order chi connectivity index (χ1) is 13.4. The molecule has 0 unspecified atom stereocenters. The van der Waals surface area contributed by atoms with E-state index in [-0.39, 0.29) is 24.1 Å². The van der Waals surface area contributed by atoms with Crippen molar-refractivity contribution in [2.45, 2.75) is 6.54 Å². The standard InChI is InChI=1S/C20H23N5O3/c1-24(2)9-8-21-19(27)13-25-12-15(11-22-25)23-20(28)18-5-3-4-14-10-16(26)6-7-17(14)18/h3-7,10-12,26H,8-9,13H2,1-2H3,(H,21,27)(H,23,28). The molecule has 0 atom stereocenters. The molecule has 0 spiro atoms. The van der Waals surface area contributed by atoms with Crippen molar-refractivity contribution in [2.75, 3.05) is 32.5 Å². The number of nitrogens with one attached hydrogen (secondary N) is 2. The molecule has 0 radical (unpaired) electrons. The van der Waals surface area contributed by atoms with Crippen LogP contribution in [0.3, 0.4) is 0 Å². The number of carbonyl (C=O) groups excluding carboxylic acids is 2. The first-order valence-corrected chi connectivity index (χ1v) is 8.89. The molecule has 3 N–H and O–H groups in total. The lowest BCUT2D eigenvalue weighted by molar-refractivity contribution is -0.121. The summed E-state index contributed by atoms with van der Waals surface area (Å²) in [5.41, 5.74) is 0.994. The van der Waals surface area contributed by atoms with Crippen LogP contribution in [0.25, 0.3) is 10.8 Å². The number of benzene rings is 2. The van der Waals surface area contributed by atoms with Crippen molar-refractivity contribution >= 4 is 28.3 Å². The smallest absolute Gasteiger partial charge is 0.256 e. The molecular weight excluding hydrogens is 358 g/mol. The van der Waals surface area contributed by atoms with Crippen LogP contribution in [0.5, 0.6) is 5.75 Å². The minimum absolute atomic E-state index is 0.0802. The van der Waals surface area contributed by atoms with E-state index in [9.17, 15) is 14.7 Å². The molecule has 3 aromatic rings. The van der Waals surface area contributed by atoms with Crippen molar-refractivity contribution in [1.82, 2.24) is 20.0 Å². The van der Waals surface area contributed by atoms with Gasteiger partial charge in [0.2, 0.25) is 5.91 Å². The van der Waals surface area contributed by atoms with Crippen molar-refractivity contribution in [3.05, 3.63) is 54.4 Å². The van der Waals surface area contributed by atoms with E-state index in [4.69, 9.17) is 0 Å². The number of hydrogen-bond acceptors (Lipinski definition) is 5. The van der Waals surface area contributed by atoms with Crippen molar-refractivity contribution < 1.29 is 14.7 Å². The first-order valence-electron chi connectivity index (χ1n) is 8.89. The van der Waals surface area contributed by atoms with Crippen LogP contribution in [0.15, 0.2) is 48.8 Å². The summed E-state index contributed by atoms with van der Waals surface area (Å²) in [6.45, 7) is 1.40. The van der Waals surface area contributed by atoms with Gasteiger partial charge < -0.3 is 20.6 Å². The number of phenols is 1. The Balaban J connectivity index is 1.64. The van der Waals surface area contributed by atoms with Crippen LogP contribution in [0, 0.1) is 0 Å². The highest BCUT2D eigenvalue weighted by atomic mass is 16.3. The van der Waals surface area contributed by atoms with Gasteiger partial charge in [0, 0.05) is 24.8 Å². The fraction of sp³-hybridized carbons (Fsp3) is 0.250. The van der Waals surface area contributed by atoms with E-state index in [0.717, 1.165) is 17.3 Å². The zero-order valence-electron chi connectivity index (χ0n) is 15.8. The van der Waals surface area contributed by atoms with Crippen LogP contribution < -0.4 is 10.6 Å². The van der Waals surface area contributed by atoms with Gasteiger partial charge in [-0.1, -0.05) is 12.1 Å². The van der Waals surface area contributed by atoms with Crippen LogP contribution in [-0.4, -0.2) is 58.8 Å². The van der Waals surface area contributed by atoms with Crippen molar-refractivity contribution in [3.63, 3.8) is 0 Å². The van der Waals surface area contributed by atoms with E-state index in [1.165, 1.54) is 10.9 Å². The van der Waals surface area contributed by atoms with Gasteiger partial charge in [0.15, 0.2) is 0 Å². The average Bonchev–Trinajstić information content (AvgIpc) is 3.07. The Labute approximate surface area is 162 Å². The highest BCUT2D eigenvalue weighted by Crippen LogP contribution is 2.23. The molecule has 1 heterocycles. The average molecular weight is 381 g/mol. The number of nitrogens with zero attached hydrogens (tertiary/aromatic N) is 3. The van der Waals surface area contributed by atoms with Gasteiger partial charge in [-0.15, -0.1) is 0 Å².